The fourth-order valence-corrected chi connectivity index (χ4v) is 2.86. The number of aliphatic hydroxyl groups is 1. The summed E-state index contributed by atoms with van der Waals surface area (Å²) < 4.78 is 1.03. The van der Waals surface area contributed by atoms with Crippen molar-refractivity contribution in [1.82, 2.24) is 9.88 Å². The Bertz CT molecular complexity index is 489. The first-order valence-corrected chi connectivity index (χ1v) is 7.38. The molecule has 0 fully saturated rings. The van der Waals surface area contributed by atoms with Gasteiger partial charge in [0.25, 0.3) is 0 Å². The monoisotopic (exact) mass is 326 g/mol. The second kappa shape index (κ2) is 6.43. The van der Waals surface area contributed by atoms with Crippen molar-refractivity contribution in [2.75, 3.05) is 13.7 Å². The van der Waals surface area contributed by atoms with Crippen LogP contribution in [0.15, 0.2) is 39.6 Å². The van der Waals surface area contributed by atoms with Gasteiger partial charge in [-0.05, 0) is 24.7 Å². The Hall–Kier alpha value is -0.750. The summed E-state index contributed by atoms with van der Waals surface area (Å²) in [5, 5.41) is 11.6. The van der Waals surface area contributed by atoms with E-state index in [1.165, 1.54) is 0 Å². The maximum Gasteiger partial charge on any atom is 0.0795 e. The van der Waals surface area contributed by atoms with Crippen LogP contribution < -0.4 is 0 Å². The number of hydrogen-bond acceptors (Lipinski definition) is 4. The molecule has 0 amide bonds. The molecular weight excluding hydrogens is 312 g/mol. The van der Waals surface area contributed by atoms with Crippen LogP contribution in [-0.4, -0.2) is 28.6 Å². The van der Waals surface area contributed by atoms with Crippen LogP contribution in [0.4, 0.5) is 0 Å². The number of thiazole rings is 1. The van der Waals surface area contributed by atoms with Gasteiger partial charge in [-0.25, -0.2) is 4.98 Å². The molecule has 0 saturated heterocycles. The normalized spacial score (nSPS) is 12.9. The number of likely N-dealkylation sites (N-methyl/N-ethyl adjacent to an activating group) is 1. The lowest BCUT2D eigenvalue weighted by molar-refractivity contribution is 0.141. The number of benzene rings is 1. The number of halogens is 1. The Morgan fingerprint density at radius 1 is 1.50 bits per heavy atom. The van der Waals surface area contributed by atoms with E-state index in [4.69, 9.17) is 0 Å². The molecule has 0 aliphatic rings. The van der Waals surface area contributed by atoms with Crippen LogP contribution in [0.3, 0.4) is 0 Å². The molecule has 96 valence electrons. The zero-order chi connectivity index (χ0) is 13.0. The van der Waals surface area contributed by atoms with Crippen molar-refractivity contribution in [3.05, 3.63) is 50.9 Å². The van der Waals surface area contributed by atoms with E-state index in [1.807, 2.05) is 42.2 Å². The number of rotatable bonds is 5. The smallest absolute Gasteiger partial charge is 0.0795 e. The molecule has 0 spiro atoms. The summed E-state index contributed by atoms with van der Waals surface area (Å²) in [6.45, 7) is 0.832. The second-order valence-electron chi connectivity index (χ2n) is 4.15. The Morgan fingerprint density at radius 3 is 2.94 bits per heavy atom. The lowest BCUT2D eigenvalue weighted by atomic mass is 10.1. The molecule has 1 aromatic carbocycles. The van der Waals surface area contributed by atoms with Crippen LogP contribution in [0.25, 0.3) is 0 Å². The van der Waals surface area contributed by atoms with Gasteiger partial charge in [-0.2, -0.15) is 0 Å². The van der Waals surface area contributed by atoms with Gasteiger partial charge in [0.2, 0.25) is 0 Å². The molecule has 1 unspecified atom stereocenters. The summed E-state index contributed by atoms with van der Waals surface area (Å²) in [5.41, 5.74) is 3.97. The Morgan fingerprint density at radius 2 is 2.33 bits per heavy atom. The first-order chi connectivity index (χ1) is 8.70. The molecule has 1 aromatic heterocycles. The third-order valence-electron chi connectivity index (χ3n) is 2.83. The number of nitrogens with zero attached hydrogens (tertiary/aromatic N) is 2. The van der Waals surface area contributed by atoms with Crippen molar-refractivity contribution >= 4 is 27.3 Å². The lowest BCUT2D eigenvalue weighted by Gasteiger charge is -2.26. The lowest BCUT2D eigenvalue weighted by Crippen LogP contribution is -2.27. The van der Waals surface area contributed by atoms with Gasteiger partial charge in [0.1, 0.15) is 0 Å². The SMILES string of the molecule is CN(Cc1cscn1)C(CO)c1cccc(Br)c1. The summed E-state index contributed by atoms with van der Waals surface area (Å²) in [6, 6.07) is 8.03. The van der Waals surface area contributed by atoms with Crippen molar-refractivity contribution in [2.45, 2.75) is 12.6 Å². The highest BCUT2D eigenvalue weighted by atomic mass is 79.9. The third kappa shape index (κ3) is 3.38. The Kier molecular flexibility index (Phi) is 4.88. The van der Waals surface area contributed by atoms with E-state index in [1.54, 1.807) is 11.3 Å². The first kappa shape index (κ1) is 13.7. The maximum atomic E-state index is 9.59. The largest absolute Gasteiger partial charge is 0.394 e. The van der Waals surface area contributed by atoms with E-state index in [9.17, 15) is 5.11 Å². The minimum absolute atomic E-state index is 0.0100. The molecule has 5 heteroatoms. The van der Waals surface area contributed by atoms with Gasteiger partial charge < -0.3 is 5.11 Å². The highest BCUT2D eigenvalue weighted by molar-refractivity contribution is 9.10. The van der Waals surface area contributed by atoms with Crippen LogP contribution in [0, 0.1) is 0 Å². The predicted molar refractivity (Wildman–Crippen MR) is 77.5 cm³/mol. The van der Waals surface area contributed by atoms with Crippen molar-refractivity contribution < 1.29 is 5.11 Å². The van der Waals surface area contributed by atoms with Crippen molar-refractivity contribution in [3.8, 4) is 0 Å². The molecule has 0 bridgehead atoms. The predicted octanol–water partition coefficient (Wildman–Crippen LogP) is 3.07. The number of aliphatic hydroxyl groups excluding tert-OH is 1. The van der Waals surface area contributed by atoms with Gasteiger partial charge in [0, 0.05) is 16.4 Å². The fourth-order valence-electron chi connectivity index (χ4n) is 1.89. The molecule has 1 N–H and O–H groups in total. The van der Waals surface area contributed by atoms with Crippen LogP contribution in [0.1, 0.15) is 17.3 Å². The van der Waals surface area contributed by atoms with Gasteiger partial charge in [-0.15, -0.1) is 11.3 Å². The average molecular weight is 327 g/mol. The first-order valence-electron chi connectivity index (χ1n) is 5.64. The average Bonchev–Trinajstić information content (AvgIpc) is 2.83. The summed E-state index contributed by atoms with van der Waals surface area (Å²) in [4.78, 5) is 6.38. The van der Waals surface area contributed by atoms with Crippen LogP contribution >= 0.6 is 27.3 Å². The summed E-state index contributed by atoms with van der Waals surface area (Å²) >= 11 is 5.05. The van der Waals surface area contributed by atoms with E-state index in [0.717, 1.165) is 22.3 Å². The molecule has 2 rings (SSSR count). The summed E-state index contributed by atoms with van der Waals surface area (Å²) in [5.74, 6) is 0. The standard InChI is InChI=1S/C13H15BrN2OS/c1-16(6-12-8-18-9-15-12)13(7-17)10-3-2-4-11(14)5-10/h2-5,8-9,13,17H,6-7H2,1H3. The van der Waals surface area contributed by atoms with Crippen molar-refractivity contribution in [3.63, 3.8) is 0 Å². The van der Waals surface area contributed by atoms with Gasteiger partial charge in [-0.3, -0.25) is 4.90 Å². The second-order valence-corrected chi connectivity index (χ2v) is 5.78. The molecule has 1 heterocycles. The fraction of sp³-hybridized carbons (Fsp3) is 0.308. The molecular formula is C13H15BrN2OS. The van der Waals surface area contributed by atoms with Crippen LogP contribution in [0.5, 0.6) is 0 Å². The highest BCUT2D eigenvalue weighted by Gasteiger charge is 2.17. The van der Waals surface area contributed by atoms with E-state index < -0.39 is 0 Å². The van der Waals surface area contributed by atoms with E-state index >= 15 is 0 Å². The van der Waals surface area contributed by atoms with E-state index in [-0.39, 0.29) is 12.6 Å². The van der Waals surface area contributed by atoms with E-state index in [2.05, 4.69) is 25.8 Å². The molecule has 0 aliphatic heterocycles. The maximum absolute atomic E-state index is 9.59. The van der Waals surface area contributed by atoms with Gasteiger partial charge in [0.05, 0.1) is 23.9 Å². The quantitative estimate of drug-likeness (QED) is 0.917. The molecule has 0 aliphatic carbocycles. The molecule has 0 saturated carbocycles. The number of hydrogen-bond donors (Lipinski definition) is 1. The van der Waals surface area contributed by atoms with Crippen molar-refractivity contribution in [2.24, 2.45) is 0 Å². The minimum atomic E-state index is -0.0100. The number of aromatic nitrogens is 1. The zero-order valence-corrected chi connectivity index (χ0v) is 12.5. The molecule has 18 heavy (non-hydrogen) atoms. The third-order valence-corrected chi connectivity index (χ3v) is 3.96. The summed E-state index contributed by atoms with van der Waals surface area (Å²) in [6.07, 6.45) is 0. The Balaban J connectivity index is 2.12. The highest BCUT2D eigenvalue weighted by Crippen LogP contribution is 2.23. The van der Waals surface area contributed by atoms with E-state index in [0.29, 0.717) is 0 Å². The van der Waals surface area contributed by atoms with Gasteiger partial charge in [-0.1, -0.05) is 28.1 Å². The van der Waals surface area contributed by atoms with Crippen molar-refractivity contribution in [1.29, 1.82) is 0 Å². The van der Waals surface area contributed by atoms with Crippen LogP contribution in [0.2, 0.25) is 0 Å². The molecule has 2 aromatic rings. The summed E-state index contributed by atoms with van der Waals surface area (Å²) in [7, 11) is 2.00. The topological polar surface area (TPSA) is 36.4 Å². The molecule has 0 radical (unpaired) electrons. The molecule has 3 nitrogen and oxygen atoms in total. The van der Waals surface area contributed by atoms with Crippen LogP contribution in [-0.2, 0) is 6.54 Å². The zero-order valence-electron chi connectivity index (χ0n) is 10.1. The molecule has 1 atom stereocenters. The Labute approximate surface area is 119 Å². The minimum Gasteiger partial charge on any atom is -0.394 e. The van der Waals surface area contributed by atoms with Gasteiger partial charge in [0.15, 0.2) is 0 Å². The van der Waals surface area contributed by atoms with Gasteiger partial charge >= 0.3 is 0 Å².